The summed E-state index contributed by atoms with van der Waals surface area (Å²) in [4.78, 5) is 4.29. The molecule has 0 spiro atoms. The number of halogens is 2. The molecule has 1 aromatic heterocycles. The monoisotopic (exact) mass is 317 g/mol. The minimum atomic E-state index is -0.290. The van der Waals surface area contributed by atoms with Crippen molar-refractivity contribution in [2.75, 3.05) is 0 Å². The molecule has 4 heteroatoms. The molecule has 0 fully saturated rings. The van der Waals surface area contributed by atoms with Gasteiger partial charge in [-0.1, -0.05) is 34.1 Å². The second-order valence-corrected chi connectivity index (χ2v) is 4.93. The lowest BCUT2D eigenvalue weighted by atomic mass is 10.2. The number of para-hydroxylation sites is 2. The van der Waals surface area contributed by atoms with E-state index in [1.807, 2.05) is 24.3 Å². The van der Waals surface area contributed by atoms with E-state index in [9.17, 15) is 4.39 Å². The molecule has 3 aromatic rings. The van der Waals surface area contributed by atoms with Crippen molar-refractivity contribution in [1.29, 1.82) is 0 Å². The van der Waals surface area contributed by atoms with Crippen molar-refractivity contribution in [1.82, 2.24) is 4.98 Å². The van der Waals surface area contributed by atoms with Crippen LogP contribution in [-0.4, -0.2) is 4.98 Å². The Morgan fingerprint density at radius 1 is 1.11 bits per heavy atom. The molecule has 0 amide bonds. The van der Waals surface area contributed by atoms with Crippen molar-refractivity contribution in [2.45, 2.75) is 0 Å². The van der Waals surface area contributed by atoms with E-state index >= 15 is 0 Å². The highest BCUT2D eigenvalue weighted by molar-refractivity contribution is 9.10. The predicted octanol–water partition coefficient (Wildman–Crippen LogP) is 4.90. The summed E-state index contributed by atoms with van der Waals surface area (Å²) in [5.74, 6) is 0.172. The number of fused-ring (bicyclic) bond motifs is 1. The lowest BCUT2D eigenvalue weighted by molar-refractivity contribution is 0.589. The number of nitrogens with zero attached hydrogens (tertiary/aromatic N) is 1. The number of rotatable bonds is 2. The van der Waals surface area contributed by atoms with Crippen LogP contribution < -0.4 is 0 Å². The van der Waals surface area contributed by atoms with E-state index in [4.69, 9.17) is 4.42 Å². The highest BCUT2D eigenvalue weighted by atomic mass is 79.9. The number of hydrogen-bond acceptors (Lipinski definition) is 2. The topological polar surface area (TPSA) is 26.0 Å². The van der Waals surface area contributed by atoms with Gasteiger partial charge in [0.1, 0.15) is 11.3 Å². The lowest BCUT2D eigenvalue weighted by Gasteiger charge is -1.96. The van der Waals surface area contributed by atoms with Crippen molar-refractivity contribution < 1.29 is 8.81 Å². The zero-order chi connectivity index (χ0) is 13.2. The average Bonchev–Trinajstić information content (AvgIpc) is 2.80. The van der Waals surface area contributed by atoms with Gasteiger partial charge >= 0.3 is 0 Å². The molecule has 19 heavy (non-hydrogen) atoms. The molecule has 0 radical (unpaired) electrons. The largest absolute Gasteiger partial charge is 0.437 e. The second kappa shape index (κ2) is 4.97. The minimum Gasteiger partial charge on any atom is -0.437 e. The molecular weight excluding hydrogens is 309 g/mol. The summed E-state index contributed by atoms with van der Waals surface area (Å²) in [6, 6.07) is 12.4. The number of aromatic nitrogens is 1. The Bertz CT molecular complexity index is 731. The highest BCUT2D eigenvalue weighted by Gasteiger charge is 2.02. The second-order valence-electron chi connectivity index (χ2n) is 4.02. The molecular formula is C15H9BrFNO. The minimum absolute atomic E-state index is 0.290. The number of benzene rings is 2. The maximum absolute atomic E-state index is 13.6. The molecule has 0 aliphatic heterocycles. The van der Waals surface area contributed by atoms with Gasteiger partial charge in [0.25, 0.3) is 0 Å². The first-order chi connectivity index (χ1) is 9.22. The predicted molar refractivity (Wildman–Crippen MR) is 77.0 cm³/mol. The van der Waals surface area contributed by atoms with Crippen molar-refractivity contribution in [2.24, 2.45) is 0 Å². The Morgan fingerprint density at radius 3 is 2.74 bits per heavy atom. The van der Waals surface area contributed by atoms with E-state index in [0.717, 1.165) is 11.1 Å². The molecule has 0 aliphatic carbocycles. The van der Waals surface area contributed by atoms with Gasteiger partial charge in [-0.25, -0.2) is 9.37 Å². The molecule has 94 valence electrons. The average molecular weight is 318 g/mol. The molecule has 3 rings (SSSR count). The Morgan fingerprint density at radius 2 is 1.95 bits per heavy atom. The molecule has 0 N–H and O–H groups in total. The van der Waals surface area contributed by atoms with Crippen molar-refractivity contribution in [3.8, 4) is 0 Å². The molecule has 0 saturated heterocycles. The first-order valence-electron chi connectivity index (χ1n) is 5.71. The Balaban J connectivity index is 1.93. The van der Waals surface area contributed by atoms with Gasteiger partial charge in [0.05, 0.1) is 0 Å². The Hall–Kier alpha value is -1.94. The van der Waals surface area contributed by atoms with Gasteiger partial charge in [-0.05, 0) is 30.3 Å². The van der Waals surface area contributed by atoms with Crippen LogP contribution in [0, 0.1) is 5.82 Å². The van der Waals surface area contributed by atoms with Gasteiger partial charge in [-0.2, -0.15) is 0 Å². The van der Waals surface area contributed by atoms with Crippen molar-refractivity contribution in [3.63, 3.8) is 0 Å². The summed E-state index contributed by atoms with van der Waals surface area (Å²) in [5, 5.41) is 0. The Kier molecular flexibility index (Phi) is 3.17. The normalized spacial score (nSPS) is 11.5. The van der Waals surface area contributed by atoms with Gasteiger partial charge < -0.3 is 4.42 Å². The van der Waals surface area contributed by atoms with Crippen LogP contribution in [0.2, 0.25) is 0 Å². The molecule has 0 unspecified atom stereocenters. The van der Waals surface area contributed by atoms with Crippen LogP contribution in [0.4, 0.5) is 4.39 Å². The van der Waals surface area contributed by atoms with Crippen LogP contribution >= 0.6 is 15.9 Å². The summed E-state index contributed by atoms with van der Waals surface area (Å²) in [6.45, 7) is 0. The van der Waals surface area contributed by atoms with Crippen molar-refractivity contribution >= 4 is 39.2 Å². The fourth-order valence-electron chi connectivity index (χ4n) is 1.76. The molecule has 0 atom stereocenters. The van der Waals surface area contributed by atoms with Gasteiger partial charge in [0.2, 0.25) is 5.89 Å². The molecule has 0 aliphatic rings. The van der Waals surface area contributed by atoms with E-state index in [1.54, 1.807) is 24.3 Å². The third-order valence-electron chi connectivity index (χ3n) is 2.68. The summed E-state index contributed by atoms with van der Waals surface area (Å²) < 4.78 is 19.9. The van der Waals surface area contributed by atoms with E-state index in [2.05, 4.69) is 20.9 Å². The van der Waals surface area contributed by atoms with E-state index in [1.165, 1.54) is 6.07 Å². The maximum atomic E-state index is 13.6. The molecule has 2 nitrogen and oxygen atoms in total. The van der Waals surface area contributed by atoms with Gasteiger partial charge in [-0.15, -0.1) is 0 Å². The smallest absolute Gasteiger partial charge is 0.220 e. The fraction of sp³-hybridized carbons (Fsp3) is 0. The quantitative estimate of drug-likeness (QED) is 0.672. The van der Waals surface area contributed by atoms with Crippen LogP contribution in [0.25, 0.3) is 23.3 Å². The van der Waals surface area contributed by atoms with Crippen LogP contribution in [0.3, 0.4) is 0 Å². The molecule has 0 saturated carbocycles. The highest BCUT2D eigenvalue weighted by Crippen LogP contribution is 2.19. The number of oxazole rings is 1. The SMILES string of the molecule is Fc1cc(Br)ccc1/C=C/c1nc2ccccc2o1. The van der Waals surface area contributed by atoms with Crippen LogP contribution in [-0.2, 0) is 0 Å². The first-order valence-corrected chi connectivity index (χ1v) is 6.50. The summed E-state index contributed by atoms with van der Waals surface area (Å²) >= 11 is 3.22. The third kappa shape index (κ3) is 2.58. The number of hydrogen-bond donors (Lipinski definition) is 0. The standard InChI is InChI=1S/C15H9BrFNO/c16-11-7-5-10(12(17)9-11)6-8-15-18-13-3-1-2-4-14(13)19-15/h1-9H/b8-6+. The Labute approximate surface area is 117 Å². The van der Waals surface area contributed by atoms with Crippen LogP contribution in [0.5, 0.6) is 0 Å². The third-order valence-corrected chi connectivity index (χ3v) is 3.17. The summed E-state index contributed by atoms with van der Waals surface area (Å²) in [5.41, 5.74) is 2.00. The van der Waals surface area contributed by atoms with E-state index < -0.39 is 0 Å². The van der Waals surface area contributed by atoms with Gasteiger partial charge in [0.15, 0.2) is 5.58 Å². The lowest BCUT2D eigenvalue weighted by Crippen LogP contribution is -1.81. The maximum Gasteiger partial charge on any atom is 0.220 e. The van der Waals surface area contributed by atoms with Crippen LogP contribution in [0.1, 0.15) is 11.5 Å². The van der Waals surface area contributed by atoms with E-state index in [0.29, 0.717) is 15.9 Å². The van der Waals surface area contributed by atoms with E-state index in [-0.39, 0.29) is 5.82 Å². The zero-order valence-electron chi connectivity index (χ0n) is 9.81. The van der Waals surface area contributed by atoms with Gasteiger partial charge in [-0.3, -0.25) is 0 Å². The first kappa shape index (κ1) is 12.1. The van der Waals surface area contributed by atoms with Gasteiger partial charge in [0, 0.05) is 16.1 Å². The van der Waals surface area contributed by atoms with Crippen molar-refractivity contribution in [3.05, 3.63) is 64.2 Å². The molecule has 1 heterocycles. The molecule has 0 bridgehead atoms. The van der Waals surface area contributed by atoms with Crippen LogP contribution in [0.15, 0.2) is 51.4 Å². The fourth-order valence-corrected chi connectivity index (χ4v) is 2.09. The molecule has 2 aromatic carbocycles. The summed E-state index contributed by atoms with van der Waals surface area (Å²) in [6.07, 6.45) is 3.30. The zero-order valence-corrected chi connectivity index (χ0v) is 11.4. The summed E-state index contributed by atoms with van der Waals surface area (Å²) in [7, 11) is 0.